The Bertz CT molecular complexity index is 282. The number of carboxylic acids is 1. The van der Waals surface area contributed by atoms with E-state index in [1.54, 1.807) is 0 Å². The van der Waals surface area contributed by atoms with Crippen LogP contribution >= 0.6 is 0 Å². The summed E-state index contributed by atoms with van der Waals surface area (Å²) < 4.78 is 0. The van der Waals surface area contributed by atoms with Gasteiger partial charge in [0.05, 0.1) is 0 Å². The van der Waals surface area contributed by atoms with E-state index in [0.29, 0.717) is 6.42 Å². The molecule has 0 spiro atoms. The second kappa shape index (κ2) is 6.03. The predicted molar refractivity (Wildman–Crippen MR) is 65.7 cm³/mol. The van der Waals surface area contributed by atoms with Gasteiger partial charge in [-0.15, -0.1) is 0 Å². The minimum absolute atomic E-state index is 0.0571. The number of carboxylic acid groups (broad SMARTS) is 1. The van der Waals surface area contributed by atoms with Gasteiger partial charge in [-0.05, 0) is 25.7 Å². The van der Waals surface area contributed by atoms with Crippen molar-refractivity contribution in [1.29, 1.82) is 0 Å². The molecular weight excluding hydrogens is 218 g/mol. The highest BCUT2D eigenvalue weighted by molar-refractivity contribution is 5.87. The van der Waals surface area contributed by atoms with E-state index in [-0.39, 0.29) is 11.3 Å². The van der Waals surface area contributed by atoms with Crippen LogP contribution in [0.2, 0.25) is 0 Å². The van der Waals surface area contributed by atoms with Crippen LogP contribution in [-0.4, -0.2) is 23.0 Å². The van der Waals surface area contributed by atoms with Crippen molar-refractivity contribution in [3.05, 3.63) is 0 Å². The number of carbonyl (C=O) groups excluding carboxylic acids is 1. The molecule has 2 N–H and O–H groups in total. The number of hydrogen-bond donors (Lipinski definition) is 2. The van der Waals surface area contributed by atoms with Crippen LogP contribution in [0.4, 0.5) is 0 Å². The molecule has 1 aliphatic carbocycles. The summed E-state index contributed by atoms with van der Waals surface area (Å²) in [6, 6.07) is -0.725. The van der Waals surface area contributed by atoms with Crippen LogP contribution in [-0.2, 0) is 9.59 Å². The first-order valence-corrected chi connectivity index (χ1v) is 6.59. The van der Waals surface area contributed by atoms with Gasteiger partial charge in [0.2, 0.25) is 5.91 Å². The molecule has 0 aliphatic heterocycles. The molecule has 1 rings (SSSR count). The van der Waals surface area contributed by atoms with Crippen molar-refractivity contribution in [3.63, 3.8) is 0 Å². The number of nitrogens with one attached hydrogen (secondary N) is 1. The molecule has 1 fully saturated rings. The van der Waals surface area contributed by atoms with Crippen molar-refractivity contribution in [2.75, 3.05) is 0 Å². The minimum Gasteiger partial charge on any atom is -0.480 e. The van der Waals surface area contributed by atoms with Crippen LogP contribution in [0, 0.1) is 5.41 Å². The highest BCUT2D eigenvalue weighted by atomic mass is 16.4. The SMILES string of the molecule is CCC[C@H](NC(=O)C1(CC)CCCC1)C(=O)O. The molecule has 4 nitrogen and oxygen atoms in total. The predicted octanol–water partition coefficient (Wildman–Crippen LogP) is 2.33. The highest BCUT2D eigenvalue weighted by Gasteiger charge is 2.40. The molecule has 1 saturated carbocycles. The van der Waals surface area contributed by atoms with Gasteiger partial charge in [0.25, 0.3) is 0 Å². The van der Waals surface area contributed by atoms with Gasteiger partial charge in [-0.3, -0.25) is 4.79 Å². The fraction of sp³-hybridized carbons (Fsp3) is 0.846. The first-order chi connectivity index (χ1) is 8.05. The van der Waals surface area contributed by atoms with Crippen molar-refractivity contribution in [3.8, 4) is 0 Å². The molecule has 0 aromatic heterocycles. The van der Waals surface area contributed by atoms with Crippen LogP contribution in [0.1, 0.15) is 58.8 Å². The van der Waals surface area contributed by atoms with E-state index in [1.165, 1.54) is 0 Å². The van der Waals surface area contributed by atoms with E-state index in [4.69, 9.17) is 5.11 Å². The molecular formula is C13H23NO3. The Hall–Kier alpha value is -1.06. The maximum absolute atomic E-state index is 12.2. The lowest BCUT2D eigenvalue weighted by molar-refractivity contribution is -0.144. The summed E-state index contributed by atoms with van der Waals surface area (Å²) in [4.78, 5) is 23.2. The molecule has 17 heavy (non-hydrogen) atoms. The number of amides is 1. The van der Waals surface area contributed by atoms with E-state index in [9.17, 15) is 9.59 Å². The summed E-state index contributed by atoms with van der Waals surface area (Å²) in [6.07, 6.45) is 6.01. The first-order valence-electron chi connectivity index (χ1n) is 6.59. The fourth-order valence-corrected chi connectivity index (χ4v) is 2.65. The van der Waals surface area contributed by atoms with Gasteiger partial charge in [-0.1, -0.05) is 33.1 Å². The lowest BCUT2D eigenvalue weighted by Crippen LogP contribution is -2.47. The van der Waals surface area contributed by atoms with Gasteiger partial charge in [-0.25, -0.2) is 4.79 Å². The molecule has 0 saturated heterocycles. The molecule has 1 amide bonds. The average molecular weight is 241 g/mol. The molecule has 1 aliphatic rings. The van der Waals surface area contributed by atoms with E-state index in [0.717, 1.165) is 38.5 Å². The van der Waals surface area contributed by atoms with E-state index >= 15 is 0 Å². The third-order valence-corrected chi connectivity index (χ3v) is 3.90. The monoisotopic (exact) mass is 241 g/mol. The number of carbonyl (C=O) groups is 2. The van der Waals surface area contributed by atoms with Crippen molar-refractivity contribution in [2.45, 2.75) is 64.8 Å². The Morgan fingerprint density at radius 1 is 1.29 bits per heavy atom. The summed E-state index contributed by atoms with van der Waals surface area (Å²) in [7, 11) is 0. The lowest BCUT2D eigenvalue weighted by atomic mass is 9.82. The molecule has 0 heterocycles. The minimum atomic E-state index is -0.926. The van der Waals surface area contributed by atoms with Crippen LogP contribution in [0.5, 0.6) is 0 Å². The molecule has 0 aromatic carbocycles. The van der Waals surface area contributed by atoms with Crippen LogP contribution < -0.4 is 5.32 Å². The van der Waals surface area contributed by atoms with Gasteiger partial charge < -0.3 is 10.4 Å². The van der Waals surface area contributed by atoms with Gasteiger partial charge in [-0.2, -0.15) is 0 Å². The largest absolute Gasteiger partial charge is 0.480 e. The summed E-state index contributed by atoms with van der Waals surface area (Å²) >= 11 is 0. The van der Waals surface area contributed by atoms with Gasteiger partial charge in [0.15, 0.2) is 0 Å². The Morgan fingerprint density at radius 2 is 1.88 bits per heavy atom. The normalized spacial score (nSPS) is 19.9. The highest BCUT2D eigenvalue weighted by Crippen LogP contribution is 2.41. The fourth-order valence-electron chi connectivity index (χ4n) is 2.65. The molecule has 98 valence electrons. The standard InChI is InChI=1S/C13H23NO3/c1-3-7-10(11(15)16)14-12(17)13(4-2)8-5-6-9-13/h10H,3-9H2,1-2H3,(H,14,17)(H,15,16)/t10-/m0/s1. The second-order valence-corrected chi connectivity index (χ2v) is 4.99. The average Bonchev–Trinajstić information content (AvgIpc) is 2.78. The zero-order valence-corrected chi connectivity index (χ0v) is 10.8. The summed E-state index contributed by atoms with van der Waals surface area (Å²) in [6.45, 7) is 3.94. The Balaban J connectivity index is 2.65. The van der Waals surface area contributed by atoms with Crippen LogP contribution in [0.3, 0.4) is 0 Å². The maximum Gasteiger partial charge on any atom is 0.326 e. The summed E-state index contributed by atoms with van der Waals surface area (Å²) in [5.41, 5.74) is -0.304. The summed E-state index contributed by atoms with van der Waals surface area (Å²) in [5.74, 6) is -0.984. The Labute approximate surface area is 103 Å². The molecule has 0 bridgehead atoms. The lowest BCUT2D eigenvalue weighted by Gasteiger charge is -2.28. The zero-order chi connectivity index (χ0) is 12.9. The third kappa shape index (κ3) is 3.20. The van der Waals surface area contributed by atoms with Crippen molar-refractivity contribution in [2.24, 2.45) is 5.41 Å². The van der Waals surface area contributed by atoms with Gasteiger partial charge in [0, 0.05) is 5.41 Å². The van der Waals surface area contributed by atoms with Crippen molar-refractivity contribution >= 4 is 11.9 Å². The first kappa shape index (κ1) is 14.0. The van der Waals surface area contributed by atoms with E-state index in [1.807, 2.05) is 13.8 Å². The van der Waals surface area contributed by atoms with Gasteiger partial charge in [0.1, 0.15) is 6.04 Å². The molecule has 0 unspecified atom stereocenters. The molecule has 1 atom stereocenters. The molecule has 0 aromatic rings. The maximum atomic E-state index is 12.2. The van der Waals surface area contributed by atoms with Gasteiger partial charge >= 0.3 is 5.97 Å². The Kier molecular flexibility index (Phi) is 4.97. The Morgan fingerprint density at radius 3 is 2.29 bits per heavy atom. The van der Waals surface area contributed by atoms with Crippen LogP contribution in [0.15, 0.2) is 0 Å². The van der Waals surface area contributed by atoms with E-state index < -0.39 is 12.0 Å². The second-order valence-electron chi connectivity index (χ2n) is 4.99. The van der Waals surface area contributed by atoms with Crippen molar-refractivity contribution < 1.29 is 14.7 Å². The third-order valence-electron chi connectivity index (χ3n) is 3.90. The topological polar surface area (TPSA) is 66.4 Å². The number of aliphatic carboxylic acids is 1. The summed E-state index contributed by atoms with van der Waals surface area (Å²) in [5, 5.41) is 11.8. The zero-order valence-electron chi connectivity index (χ0n) is 10.8. The smallest absolute Gasteiger partial charge is 0.326 e. The number of hydrogen-bond acceptors (Lipinski definition) is 2. The molecule has 4 heteroatoms. The van der Waals surface area contributed by atoms with E-state index in [2.05, 4.69) is 5.32 Å². The van der Waals surface area contributed by atoms with Crippen molar-refractivity contribution in [1.82, 2.24) is 5.32 Å². The molecule has 0 radical (unpaired) electrons. The quantitative estimate of drug-likeness (QED) is 0.750. The van der Waals surface area contributed by atoms with Crippen LogP contribution in [0.25, 0.3) is 0 Å². The number of rotatable bonds is 6.